The van der Waals surface area contributed by atoms with Crippen LogP contribution in [0.4, 0.5) is 0 Å². The third-order valence-electron chi connectivity index (χ3n) is 4.84. The first-order chi connectivity index (χ1) is 10.1. The van der Waals surface area contributed by atoms with Crippen molar-refractivity contribution in [2.75, 3.05) is 19.8 Å². The zero-order valence-corrected chi connectivity index (χ0v) is 13.1. The van der Waals surface area contributed by atoms with Crippen LogP contribution in [0.2, 0.25) is 0 Å². The fourth-order valence-corrected chi connectivity index (χ4v) is 3.63. The average Bonchev–Trinajstić information content (AvgIpc) is 3.09. The van der Waals surface area contributed by atoms with Crippen LogP contribution in [0.15, 0.2) is 12.4 Å². The van der Waals surface area contributed by atoms with Crippen LogP contribution in [-0.2, 0) is 11.3 Å². The molecule has 0 amide bonds. The van der Waals surface area contributed by atoms with E-state index in [9.17, 15) is 5.11 Å². The van der Waals surface area contributed by atoms with E-state index in [0.29, 0.717) is 25.3 Å². The van der Waals surface area contributed by atoms with E-state index in [4.69, 9.17) is 4.74 Å². The van der Waals surface area contributed by atoms with Crippen molar-refractivity contribution in [3.8, 4) is 0 Å². The number of hydrogen-bond donors (Lipinski definition) is 1. The molecule has 1 N–H and O–H groups in total. The van der Waals surface area contributed by atoms with E-state index < -0.39 is 0 Å². The predicted molar refractivity (Wildman–Crippen MR) is 81.0 cm³/mol. The molecular formula is C16H27N3O2. The SMILES string of the molecule is CC(C)n1cc(CN2CCCC2C2COCCC2O)cn1. The number of rotatable bonds is 4. The summed E-state index contributed by atoms with van der Waals surface area (Å²) >= 11 is 0. The lowest BCUT2D eigenvalue weighted by molar-refractivity contribution is -0.0636. The van der Waals surface area contributed by atoms with Crippen LogP contribution in [0.1, 0.15) is 44.7 Å². The van der Waals surface area contributed by atoms with Gasteiger partial charge in [-0.1, -0.05) is 0 Å². The van der Waals surface area contributed by atoms with Gasteiger partial charge in [0, 0.05) is 42.9 Å². The lowest BCUT2D eigenvalue weighted by atomic mass is 9.89. The molecule has 0 aliphatic carbocycles. The molecule has 3 heterocycles. The number of aliphatic hydroxyl groups is 1. The van der Waals surface area contributed by atoms with Gasteiger partial charge >= 0.3 is 0 Å². The Balaban J connectivity index is 1.65. The molecule has 0 radical (unpaired) electrons. The maximum atomic E-state index is 10.3. The Bertz CT molecular complexity index is 460. The maximum Gasteiger partial charge on any atom is 0.0627 e. The van der Waals surface area contributed by atoms with E-state index in [-0.39, 0.29) is 12.0 Å². The van der Waals surface area contributed by atoms with E-state index in [1.54, 1.807) is 0 Å². The van der Waals surface area contributed by atoms with Gasteiger partial charge in [0.25, 0.3) is 0 Å². The van der Waals surface area contributed by atoms with Gasteiger partial charge in [0.05, 0.1) is 18.9 Å². The molecule has 1 aromatic rings. The fraction of sp³-hybridized carbons (Fsp3) is 0.812. The monoisotopic (exact) mass is 293 g/mol. The Morgan fingerprint density at radius 1 is 1.43 bits per heavy atom. The predicted octanol–water partition coefficient (Wildman–Crippen LogP) is 1.83. The molecule has 2 saturated heterocycles. The van der Waals surface area contributed by atoms with Gasteiger partial charge < -0.3 is 9.84 Å². The normalized spacial score (nSPS) is 31.1. The van der Waals surface area contributed by atoms with E-state index in [1.807, 2.05) is 10.9 Å². The van der Waals surface area contributed by atoms with Gasteiger partial charge in [-0.25, -0.2) is 0 Å². The van der Waals surface area contributed by atoms with Crippen molar-refractivity contribution in [3.63, 3.8) is 0 Å². The molecule has 0 spiro atoms. The summed E-state index contributed by atoms with van der Waals surface area (Å²) in [5.74, 6) is 0.265. The summed E-state index contributed by atoms with van der Waals surface area (Å²) in [6, 6.07) is 0.851. The number of nitrogens with zero attached hydrogens (tertiary/aromatic N) is 3. The first-order valence-electron chi connectivity index (χ1n) is 8.18. The van der Waals surface area contributed by atoms with E-state index >= 15 is 0 Å². The average molecular weight is 293 g/mol. The van der Waals surface area contributed by atoms with Crippen molar-refractivity contribution in [1.82, 2.24) is 14.7 Å². The molecule has 2 aliphatic heterocycles. The number of ether oxygens (including phenoxy) is 1. The maximum absolute atomic E-state index is 10.3. The molecule has 3 atom stereocenters. The van der Waals surface area contributed by atoms with Crippen molar-refractivity contribution >= 4 is 0 Å². The van der Waals surface area contributed by atoms with Gasteiger partial charge in [0.15, 0.2) is 0 Å². The van der Waals surface area contributed by atoms with Crippen LogP contribution < -0.4 is 0 Å². The van der Waals surface area contributed by atoms with Crippen LogP contribution >= 0.6 is 0 Å². The van der Waals surface area contributed by atoms with E-state index in [2.05, 4.69) is 30.0 Å². The molecular weight excluding hydrogens is 266 g/mol. The van der Waals surface area contributed by atoms with Crippen LogP contribution in [-0.4, -0.2) is 51.7 Å². The lowest BCUT2D eigenvalue weighted by Crippen LogP contribution is -2.45. The zero-order chi connectivity index (χ0) is 14.8. The Morgan fingerprint density at radius 2 is 2.29 bits per heavy atom. The highest BCUT2D eigenvalue weighted by molar-refractivity contribution is 5.06. The molecule has 0 saturated carbocycles. The highest BCUT2D eigenvalue weighted by Crippen LogP contribution is 2.30. The number of hydrogen-bond acceptors (Lipinski definition) is 4. The minimum atomic E-state index is -0.206. The summed E-state index contributed by atoms with van der Waals surface area (Å²) in [7, 11) is 0. The van der Waals surface area contributed by atoms with Crippen molar-refractivity contribution in [3.05, 3.63) is 18.0 Å². The summed E-state index contributed by atoms with van der Waals surface area (Å²) in [6.45, 7) is 7.73. The third-order valence-corrected chi connectivity index (χ3v) is 4.84. The summed E-state index contributed by atoms with van der Waals surface area (Å²) in [4.78, 5) is 2.50. The molecule has 3 unspecified atom stereocenters. The highest BCUT2D eigenvalue weighted by Gasteiger charge is 2.37. The second kappa shape index (κ2) is 6.46. The molecule has 2 aliphatic rings. The Labute approximate surface area is 126 Å². The molecule has 0 bridgehead atoms. The largest absolute Gasteiger partial charge is 0.393 e. The quantitative estimate of drug-likeness (QED) is 0.920. The summed E-state index contributed by atoms with van der Waals surface area (Å²) in [5, 5.41) is 14.7. The van der Waals surface area contributed by atoms with E-state index in [0.717, 1.165) is 19.5 Å². The van der Waals surface area contributed by atoms with E-state index in [1.165, 1.54) is 18.4 Å². The van der Waals surface area contributed by atoms with Gasteiger partial charge in [-0.05, 0) is 39.7 Å². The minimum Gasteiger partial charge on any atom is -0.393 e. The van der Waals surface area contributed by atoms with Crippen LogP contribution in [0.25, 0.3) is 0 Å². The second-order valence-electron chi connectivity index (χ2n) is 6.70. The first kappa shape index (κ1) is 15.0. The molecule has 5 heteroatoms. The van der Waals surface area contributed by atoms with Crippen molar-refractivity contribution < 1.29 is 9.84 Å². The van der Waals surface area contributed by atoms with Gasteiger partial charge in [-0.2, -0.15) is 5.10 Å². The Kier molecular flexibility index (Phi) is 4.62. The van der Waals surface area contributed by atoms with Gasteiger partial charge in [0.1, 0.15) is 0 Å². The van der Waals surface area contributed by atoms with Crippen molar-refractivity contribution in [2.24, 2.45) is 5.92 Å². The molecule has 1 aromatic heterocycles. The summed E-state index contributed by atoms with van der Waals surface area (Å²) in [6.07, 6.45) is 7.08. The van der Waals surface area contributed by atoms with Crippen LogP contribution in [0.3, 0.4) is 0 Å². The molecule has 3 rings (SSSR count). The minimum absolute atomic E-state index is 0.206. The Morgan fingerprint density at radius 3 is 3.00 bits per heavy atom. The molecule has 0 aromatic carbocycles. The van der Waals surface area contributed by atoms with Crippen molar-refractivity contribution in [1.29, 1.82) is 0 Å². The highest BCUT2D eigenvalue weighted by atomic mass is 16.5. The van der Waals surface area contributed by atoms with Gasteiger partial charge in [0.2, 0.25) is 0 Å². The molecule has 5 nitrogen and oxygen atoms in total. The molecule has 2 fully saturated rings. The number of aliphatic hydroxyl groups excluding tert-OH is 1. The topological polar surface area (TPSA) is 50.5 Å². The third kappa shape index (κ3) is 3.30. The molecule has 21 heavy (non-hydrogen) atoms. The zero-order valence-electron chi connectivity index (χ0n) is 13.1. The fourth-order valence-electron chi connectivity index (χ4n) is 3.63. The standard InChI is InChI=1S/C16H27N3O2/c1-12(2)19-10-13(8-17-19)9-18-6-3-4-15(18)14-11-21-7-5-16(14)20/h8,10,12,14-16,20H,3-7,9,11H2,1-2H3. The summed E-state index contributed by atoms with van der Waals surface area (Å²) < 4.78 is 7.61. The number of aromatic nitrogens is 2. The summed E-state index contributed by atoms with van der Waals surface area (Å²) in [5.41, 5.74) is 1.27. The van der Waals surface area contributed by atoms with Crippen LogP contribution in [0.5, 0.6) is 0 Å². The van der Waals surface area contributed by atoms with Gasteiger partial charge in [-0.3, -0.25) is 9.58 Å². The lowest BCUT2D eigenvalue weighted by Gasteiger charge is -2.36. The Hall–Kier alpha value is -0.910. The number of likely N-dealkylation sites (tertiary alicyclic amines) is 1. The second-order valence-corrected chi connectivity index (χ2v) is 6.70. The van der Waals surface area contributed by atoms with Gasteiger partial charge in [-0.15, -0.1) is 0 Å². The smallest absolute Gasteiger partial charge is 0.0627 e. The first-order valence-corrected chi connectivity index (χ1v) is 8.18. The van der Waals surface area contributed by atoms with Crippen molar-refractivity contribution in [2.45, 2.75) is 57.8 Å². The van der Waals surface area contributed by atoms with Crippen LogP contribution in [0, 0.1) is 5.92 Å². The molecule has 118 valence electrons.